The molecule has 1 atom stereocenters. The summed E-state index contributed by atoms with van der Waals surface area (Å²) in [6.07, 6.45) is 0.807. The van der Waals surface area contributed by atoms with Gasteiger partial charge in [0.15, 0.2) is 0 Å². The molecule has 0 radical (unpaired) electrons. The fraction of sp³-hybridized carbons (Fsp3) is 0.471. The van der Waals surface area contributed by atoms with E-state index in [-0.39, 0.29) is 24.8 Å². The SMILES string of the molecule is CN(C)CCCNC(=O)C[C@@H]1NC(=O)N(Cc2ccccc2)C1=O. The maximum atomic E-state index is 12.3. The van der Waals surface area contributed by atoms with Gasteiger partial charge in [0, 0.05) is 6.54 Å². The third kappa shape index (κ3) is 5.06. The maximum Gasteiger partial charge on any atom is 0.325 e. The number of rotatable bonds is 8. The molecule has 130 valence electrons. The highest BCUT2D eigenvalue weighted by atomic mass is 16.2. The Kier molecular flexibility index (Phi) is 6.31. The molecule has 1 fully saturated rings. The van der Waals surface area contributed by atoms with Crippen LogP contribution in [0.1, 0.15) is 18.4 Å². The van der Waals surface area contributed by atoms with Crippen molar-refractivity contribution in [2.24, 2.45) is 0 Å². The van der Waals surface area contributed by atoms with E-state index in [2.05, 4.69) is 10.6 Å². The summed E-state index contributed by atoms with van der Waals surface area (Å²) in [5.74, 6) is -0.582. The Hall–Kier alpha value is -2.41. The summed E-state index contributed by atoms with van der Waals surface area (Å²) in [6.45, 7) is 1.65. The molecule has 0 bridgehead atoms. The van der Waals surface area contributed by atoms with Crippen molar-refractivity contribution in [3.05, 3.63) is 35.9 Å². The Bertz CT molecular complexity index is 589. The average Bonchev–Trinajstić information content (AvgIpc) is 2.80. The number of imide groups is 1. The molecular formula is C17H24N4O3. The van der Waals surface area contributed by atoms with Crippen molar-refractivity contribution < 1.29 is 14.4 Å². The van der Waals surface area contributed by atoms with Crippen LogP contribution >= 0.6 is 0 Å². The number of carbonyl (C=O) groups excluding carboxylic acids is 3. The van der Waals surface area contributed by atoms with Gasteiger partial charge in [0.1, 0.15) is 6.04 Å². The highest BCUT2D eigenvalue weighted by Crippen LogP contribution is 2.13. The fourth-order valence-corrected chi connectivity index (χ4v) is 2.51. The monoisotopic (exact) mass is 332 g/mol. The second kappa shape index (κ2) is 8.44. The molecule has 1 aliphatic heterocycles. The summed E-state index contributed by atoms with van der Waals surface area (Å²) in [5, 5.41) is 5.36. The molecule has 0 aromatic heterocycles. The van der Waals surface area contributed by atoms with Crippen molar-refractivity contribution in [3.63, 3.8) is 0 Å². The molecule has 4 amide bonds. The van der Waals surface area contributed by atoms with E-state index in [0.717, 1.165) is 23.4 Å². The van der Waals surface area contributed by atoms with E-state index < -0.39 is 12.1 Å². The van der Waals surface area contributed by atoms with E-state index in [9.17, 15) is 14.4 Å². The van der Waals surface area contributed by atoms with Gasteiger partial charge in [-0.3, -0.25) is 14.5 Å². The van der Waals surface area contributed by atoms with Crippen molar-refractivity contribution in [2.75, 3.05) is 27.2 Å². The zero-order valence-electron chi connectivity index (χ0n) is 14.1. The van der Waals surface area contributed by atoms with E-state index in [1.54, 1.807) is 0 Å². The third-order valence-corrected chi connectivity index (χ3v) is 3.78. The topological polar surface area (TPSA) is 81.8 Å². The highest BCUT2D eigenvalue weighted by Gasteiger charge is 2.38. The standard InChI is InChI=1S/C17H24N4O3/c1-20(2)10-6-9-18-15(22)11-14-16(23)21(17(24)19-14)12-13-7-4-3-5-8-13/h3-5,7-8,14H,6,9-12H2,1-2H3,(H,18,22)(H,19,24)/t14-/m0/s1. The first-order valence-electron chi connectivity index (χ1n) is 8.04. The normalized spacial score (nSPS) is 17.3. The van der Waals surface area contributed by atoms with Gasteiger partial charge in [-0.05, 0) is 32.6 Å². The van der Waals surface area contributed by atoms with E-state index in [4.69, 9.17) is 0 Å². The summed E-state index contributed by atoms with van der Waals surface area (Å²) >= 11 is 0. The molecule has 7 heteroatoms. The quantitative estimate of drug-likeness (QED) is 0.538. The van der Waals surface area contributed by atoms with Crippen molar-refractivity contribution in [1.29, 1.82) is 0 Å². The molecule has 2 rings (SSSR count). The number of hydrogen-bond donors (Lipinski definition) is 2. The van der Waals surface area contributed by atoms with Crippen LogP contribution in [0.15, 0.2) is 30.3 Å². The fourth-order valence-electron chi connectivity index (χ4n) is 2.51. The molecule has 24 heavy (non-hydrogen) atoms. The second-order valence-electron chi connectivity index (χ2n) is 6.12. The minimum atomic E-state index is -0.782. The lowest BCUT2D eigenvalue weighted by molar-refractivity contribution is -0.131. The first-order chi connectivity index (χ1) is 11.5. The molecule has 0 unspecified atom stereocenters. The van der Waals surface area contributed by atoms with Crippen LogP contribution in [-0.4, -0.2) is 60.9 Å². The third-order valence-electron chi connectivity index (χ3n) is 3.78. The van der Waals surface area contributed by atoms with E-state index in [1.807, 2.05) is 49.3 Å². The van der Waals surface area contributed by atoms with Crippen LogP contribution in [0.25, 0.3) is 0 Å². The van der Waals surface area contributed by atoms with E-state index in [0.29, 0.717) is 6.54 Å². The van der Waals surface area contributed by atoms with Crippen LogP contribution < -0.4 is 10.6 Å². The van der Waals surface area contributed by atoms with Crippen LogP contribution in [0, 0.1) is 0 Å². The molecular weight excluding hydrogens is 308 g/mol. The Morgan fingerprint density at radius 1 is 1.25 bits per heavy atom. The second-order valence-corrected chi connectivity index (χ2v) is 6.12. The van der Waals surface area contributed by atoms with Gasteiger partial charge in [-0.25, -0.2) is 4.79 Å². The maximum absolute atomic E-state index is 12.3. The molecule has 1 aromatic carbocycles. The molecule has 1 saturated heterocycles. The first-order valence-corrected chi connectivity index (χ1v) is 8.04. The molecule has 1 aliphatic rings. The Labute approximate surface area is 142 Å². The molecule has 2 N–H and O–H groups in total. The molecule has 7 nitrogen and oxygen atoms in total. The summed E-state index contributed by atoms with van der Waals surface area (Å²) < 4.78 is 0. The number of benzene rings is 1. The van der Waals surface area contributed by atoms with Crippen LogP contribution in [0.2, 0.25) is 0 Å². The Balaban J connectivity index is 1.81. The van der Waals surface area contributed by atoms with Crippen LogP contribution in [0.3, 0.4) is 0 Å². The van der Waals surface area contributed by atoms with Gasteiger partial charge >= 0.3 is 6.03 Å². The van der Waals surface area contributed by atoms with Crippen molar-refractivity contribution >= 4 is 17.8 Å². The molecule has 1 heterocycles. The minimum Gasteiger partial charge on any atom is -0.356 e. The molecule has 0 spiro atoms. The lowest BCUT2D eigenvalue weighted by Crippen LogP contribution is -2.37. The van der Waals surface area contributed by atoms with Crippen LogP contribution in [-0.2, 0) is 16.1 Å². The van der Waals surface area contributed by atoms with E-state index in [1.165, 1.54) is 0 Å². The van der Waals surface area contributed by atoms with Gasteiger partial charge < -0.3 is 15.5 Å². The van der Waals surface area contributed by atoms with Gasteiger partial charge in [-0.1, -0.05) is 30.3 Å². The first kappa shape index (κ1) is 17.9. The van der Waals surface area contributed by atoms with Crippen LogP contribution in [0.4, 0.5) is 4.79 Å². The van der Waals surface area contributed by atoms with Crippen LogP contribution in [0.5, 0.6) is 0 Å². The molecule has 1 aromatic rings. The molecule has 0 saturated carbocycles. The van der Waals surface area contributed by atoms with Gasteiger partial charge in [0.2, 0.25) is 5.91 Å². The van der Waals surface area contributed by atoms with Gasteiger partial charge in [0.05, 0.1) is 13.0 Å². The molecule has 0 aliphatic carbocycles. The number of carbonyl (C=O) groups is 3. The Morgan fingerprint density at radius 3 is 2.62 bits per heavy atom. The largest absolute Gasteiger partial charge is 0.356 e. The summed E-state index contributed by atoms with van der Waals surface area (Å²) in [5.41, 5.74) is 0.870. The lowest BCUT2D eigenvalue weighted by Gasteiger charge is -2.13. The van der Waals surface area contributed by atoms with Crippen molar-refractivity contribution in [1.82, 2.24) is 20.4 Å². The number of nitrogens with one attached hydrogen (secondary N) is 2. The smallest absolute Gasteiger partial charge is 0.325 e. The van der Waals surface area contributed by atoms with Crippen molar-refractivity contribution in [3.8, 4) is 0 Å². The average molecular weight is 332 g/mol. The van der Waals surface area contributed by atoms with Gasteiger partial charge in [-0.2, -0.15) is 0 Å². The number of hydrogen-bond acceptors (Lipinski definition) is 4. The minimum absolute atomic E-state index is 0.0299. The number of urea groups is 1. The zero-order chi connectivity index (χ0) is 17.5. The van der Waals surface area contributed by atoms with E-state index >= 15 is 0 Å². The number of nitrogens with zero attached hydrogens (tertiary/aromatic N) is 2. The predicted octanol–water partition coefficient (Wildman–Crippen LogP) is 0.565. The summed E-state index contributed by atoms with van der Waals surface area (Å²) in [6, 6.07) is 8.05. The predicted molar refractivity (Wildman–Crippen MR) is 90.1 cm³/mol. The summed E-state index contributed by atoms with van der Waals surface area (Å²) in [7, 11) is 3.94. The highest BCUT2D eigenvalue weighted by molar-refractivity contribution is 6.05. The lowest BCUT2D eigenvalue weighted by atomic mass is 10.1. The number of amides is 4. The van der Waals surface area contributed by atoms with Gasteiger partial charge in [-0.15, -0.1) is 0 Å². The van der Waals surface area contributed by atoms with Gasteiger partial charge in [0.25, 0.3) is 5.91 Å². The Morgan fingerprint density at radius 2 is 1.96 bits per heavy atom. The summed E-state index contributed by atoms with van der Waals surface area (Å²) in [4.78, 5) is 39.4. The van der Waals surface area contributed by atoms with Crippen molar-refractivity contribution in [2.45, 2.75) is 25.4 Å². The zero-order valence-corrected chi connectivity index (χ0v) is 14.1.